The lowest BCUT2D eigenvalue weighted by atomic mass is 9.99. The van der Waals surface area contributed by atoms with Crippen molar-refractivity contribution in [1.29, 1.82) is 0 Å². The summed E-state index contributed by atoms with van der Waals surface area (Å²) in [4.78, 5) is 12.3. The fourth-order valence-corrected chi connectivity index (χ4v) is 6.56. The van der Waals surface area contributed by atoms with Crippen molar-refractivity contribution < 1.29 is 56.2 Å². The van der Waals surface area contributed by atoms with E-state index in [0.29, 0.717) is 13.0 Å². The van der Waals surface area contributed by atoms with Crippen LogP contribution in [0.3, 0.4) is 0 Å². The van der Waals surface area contributed by atoms with Crippen molar-refractivity contribution in [2.45, 2.75) is 185 Å². The minimum atomic E-state index is -5.05. The standard InChI is InChI=1S/C42H74O12S/c1-3-5-7-8-9-10-11-12-13-14-15-16-17-18-19-20-21-22-23-24-25-26-27-28-29-30-32-50-34-36(52-38(44)31-6-4-2)35-51-42-40(46)41(54-55(47,48)49)39(45)37(33-43)53-42/h5,7,9-10,12-13,15-16,36-37,39-43,45-46H,3-4,6,8,11,14,17-35H2,1-2H3,(H,47,48,49)/b7-5-,10-9-,13-12-,16-15-. The summed E-state index contributed by atoms with van der Waals surface area (Å²) in [5.74, 6) is -0.436. The van der Waals surface area contributed by atoms with Gasteiger partial charge in [-0.15, -0.1) is 0 Å². The van der Waals surface area contributed by atoms with Gasteiger partial charge in [0.15, 0.2) is 6.29 Å². The fraction of sp³-hybridized carbons (Fsp3) is 0.786. The van der Waals surface area contributed by atoms with Crippen LogP contribution in [0, 0.1) is 0 Å². The Morgan fingerprint density at radius 1 is 0.709 bits per heavy atom. The predicted molar refractivity (Wildman–Crippen MR) is 216 cm³/mol. The van der Waals surface area contributed by atoms with Gasteiger partial charge in [-0.05, 0) is 51.4 Å². The number of hydrogen-bond donors (Lipinski definition) is 4. The monoisotopic (exact) mass is 802 g/mol. The summed E-state index contributed by atoms with van der Waals surface area (Å²) in [5, 5.41) is 30.3. The molecule has 12 nitrogen and oxygen atoms in total. The van der Waals surface area contributed by atoms with Crippen LogP contribution in [0.2, 0.25) is 0 Å². The van der Waals surface area contributed by atoms with Crippen LogP contribution in [-0.2, 0) is 38.3 Å². The average Bonchev–Trinajstić information content (AvgIpc) is 3.15. The molecule has 320 valence electrons. The minimum Gasteiger partial charge on any atom is -0.457 e. The van der Waals surface area contributed by atoms with Crippen molar-refractivity contribution in [3.05, 3.63) is 48.6 Å². The molecule has 0 radical (unpaired) electrons. The number of aliphatic hydroxyl groups excluding tert-OH is 3. The van der Waals surface area contributed by atoms with E-state index in [-0.39, 0.29) is 19.6 Å². The van der Waals surface area contributed by atoms with E-state index in [2.05, 4.69) is 59.7 Å². The van der Waals surface area contributed by atoms with Gasteiger partial charge in [-0.2, -0.15) is 8.42 Å². The Morgan fingerprint density at radius 3 is 1.76 bits per heavy atom. The van der Waals surface area contributed by atoms with Gasteiger partial charge >= 0.3 is 16.4 Å². The van der Waals surface area contributed by atoms with Crippen LogP contribution in [0.4, 0.5) is 0 Å². The van der Waals surface area contributed by atoms with Gasteiger partial charge in [0.25, 0.3) is 0 Å². The summed E-state index contributed by atoms with van der Waals surface area (Å²) in [7, 11) is -5.05. The number of carbonyl (C=O) groups excluding carboxylic acids is 1. The third-order valence-corrected chi connectivity index (χ3v) is 9.68. The van der Waals surface area contributed by atoms with Gasteiger partial charge in [0.1, 0.15) is 30.5 Å². The van der Waals surface area contributed by atoms with Crippen LogP contribution in [0.15, 0.2) is 48.6 Å². The largest absolute Gasteiger partial charge is 0.457 e. The molecule has 1 aliphatic heterocycles. The van der Waals surface area contributed by atoms with E-state index in [9.17, 15) is 28.5 Å². The Bertz CT molecular complexity index is 1160. The molecule has 0 bridgehead atoms. The van der Waals surface area contributed by atoms with Crippen LogP contribution in [0.5, 0.6) is 0 Å². The van der Waals surface area contributed by atoms with Gasteiger partial charge in [-0.3, -0.25) is 9.35 Å². The van der Waals surface area contributed by atoms with E-state index in [0.717, 1.165) is 51.4 Å². The minimum absolute atomic E-state index is 0.0307. The molecule has 1 fully saturated rings. The second kappa shape index (κ2) is 34.1. The average molecular weight is 803 g/mol. The van der Waals surface area contributed by atoms with Gasteiger partial charge in [-0.1, -0.05) is 140 Å². The number of ether oxygens (including phenoxy) is 4. The Balaban J connectivity index is 2.14. The van der Waals surface area contributed by atoms with E-state index >= 15 is 0 Å². The number of esters is 1. The molecule has 1 saturated heterocycles. The zero-order chi connectivity index (χ0) is 40.4. The summed E-state index contributed by atoms with van der Waals surface area (Å²) in [5.41, 5.74) is 0. The van der Waals surface area contributed by atoms with Crippen LogP contribution in [-0.4, -0.2) is 97.5 Å². The maximum atomic E-state index is 12.3. The molecule has 6 atom stereocenters. The summed E-state index contributed by atoms with van der Waals surface area (Å²) in [6.45, 7) is 3.59. The van der Waals surface area contributed by atoms with Crippen LogP contribution in [0.1, 0.15) is 149 Å². The molecule has 6 unspecified atom stereocenters. The highest BCUT2D eigenvalue weighted by Crippen LogP contribution is 2.26. The maximum absolute atomic E-state index is 12.3. The highest BCUT2D eigenvalue weighted by Gasteiger charge is 2.48. The Labute approximate surface area is 332 Å². The van der Waals surface area contributed by atoms with E-state index in [1.807, 2.05) is 6.92 Å². The Morgan fingerprint density at radius 2 is 1.24 bits per heavy atom. The maximum Gasteiger partial charge on any atom is 0.397 e. The van der Waals surface area contributed by atoms with Crippen LogP contribution < -0.4 is 0 Å². The van der Waals surface area contributed by atoms with Crippen molar-refractivity contribution in [3.8, 4) is 0 Å². The van der Waals surface area contributed by atoms with E-state index in [1.54, 1.807) is 0 Å². The normalized spacial score (nSPS) is 21.5. The molecule has 0 spiro atoms. The molecule has 0 saturated carbocycles. The number of allylic oxidation sites excluding steroid dienone is 8. The summed E-state index contributed by atoms with van der Waals surface area (Å²) >= 11 is 0. The molecule has 1 aliphatic rings. The molecule has 4 N–H and O–H groups in total. The zero-order valence-electron chi connectivity index (χ0n) is 33.7. The predicted octanol–water partition coefficient (Wildman–Crippen LogP) is 8.02. The molecule has 0 aromatic rings. The molecule has 0 aliphatic carbocycles. The second-order valence-electron chi connectivity index (χ2n) is 14.2. The van der Waals surface area contributed by atoms with Gasteiger partial charge in [0, 0.05) is 13.0 Å². The highest BCUT2D eigenvalue weighted by molar-refractivity contribution is 7.80. The van der Waals surface area contributed by atoms with E-state index in [4.69, 9.17) is 23.5 Å². The molecule has 1 heterocycles. The number of carbonyl (C=O) groups is 1. The molecule has 1 rings (SSSR count). The third kappa shape index (κ3) is 28.2. The molecule has 0 amide bonds. The molecule has 0 aromatic carbocycles. The van der Waals surface area contributed by atoms with Crippen molar-refractivity contribution in [1.82, 2.24) is 0 Å². The van der Waals surface area contributed by atoms with Gasteiger partial charge in [-0.25, -0.2) is 4.18 Å². The second-order valence-corrected chi connectivity index (χ2v) is 15.3. The van der Waals surface area contributed by atoms with Crippen molar-refractivity contribution in [2.24, 2.45) is 0 Å². The first-order valence-corrected chi connectivity index (χ1v) is 22.3. The quantitative estimate of drug-likeness (QED) is 0.0210. The first-order valence-electron chi connectivity index (χ1n) is 20.9. The SMILES string of the molecule is CC/C=C\C/C=C\C/C=C\C/C=C\CCCCCCCCCCCCCCCOCC(COC1OC(CO)C(O)C(OS(=O)(=O)O)C1O)OC(=O)CCCC. The van der Waals surface area contributed by atoms with E-state index in [1.165, 1.54) is 70.6 Å². The smallest absolute Gasteiger partial charge is 0.397 e. The topological polar surface area (TPSA) is 178 Å². The zero-order valence-corrected chi connectivity index (χ0v) is 34.5. The Hall–Kier alpha value is -1.94. The third-order valence-electron chi connectivity index (χ3n) is 9.22. The first-order chi connectivity index (χ1) is 26.6. The van der Waals surface area contributed by atoms with Crippen LogP contribution in [0.25, 0.3) is 0 Å². The summed E-state index contributed by atoms with van der Waals surface area (Å²) in [6, 6.07) is 0. The molecular weight excluding hydrogens is 729 g/mol. The van der Waals surface area contributed by atoms with Crippen LogP contribution >= 0.6 is 0 Å². The molecule has 13 heteroatoms. The summed E-state index contributed by atoms with van der Waals surface area (Å²) < 4.78 is 58.2. The lowest BCUT2D eigenvalue weighted by Gasteiger charge is -2.41. The molecule has 55 heavy (non-hydrogen) atoms. The number of unbranched alkanes of at least 4 members (excludes halogenated alkanes) is 14. The number of rotatable bonds is 35. The molecular formula is C42H74O12S. The number of hydrogen-bond acceptors (Lipinski definition) is 11. The lowest BCUT2D eigenvalue weighted by molar-refractivity contribution is -0.301. The van der Waals surface area contributed by atoms with Gasteiger partial charge < -0.3 is 34.3 Å². The van der Waals surface area contributed by atoms with Gasteiger partial charge in [0.2, 0.25) is 0 Å². The highest BCUT2D eigenvalue weighted by atomic mass is 32.3. The van der Waals surface area contributed by atoms with Crippen molar-refractivity contribution in [3.63, 3.8) is 0 Å². The summed E-state index contributed by atoms with van der Waals surface area (Å²) in [6.07, 6.45) is 31.6. The molecule has 0 aromatic heterocycles. The van der Waals surface area contributed by atoms with Gasteiger partial charge in [0.05, 0.1) is 19.8 Å². The first kappa shape index (κ1) is 51.1. The van der Waals surface area contributed by atoms with Crippen molar-refractivity contribution in [2.75, 3.05) is 26.4 Å². The fourth-order valence-electron chi connectivity index (χ4n) is 6.05. The Kier molecular flexibility index (Phi) is 31.7. The lowest BCUT2D eigenvalue weighted by Crippen LogP contribution is -2.60. The number of aliphatic hydroxyl groups is 3. The van der Waals surface area contributed by atoms with Crippen molar-refractivity contribution >= 4 is 16.4 Å². The van der Waals surface area contributed by atoms with E-state index < -0.39 is 59.8 Å².